The molecule has 5 rings (SSSR count). The van der Waals surface area contributed by atoms with Gasteiger partial charge < -0.3 is 19.3 Å². The van der Waals surface area contributed by atoms with Crippen LogP contribution in [0.25, 0.3) is 16.0 Å². The minimum Gasteiger partial charge on any atom is -0.507 e. The summed E-state index contributed by atoms with van der Waals surface area (Å²) in [5.74, 6) is -0.285. The van der Waals surface area contributed by atoms with Crippen molar-refractivity contribution in [3.8, 4) is 17.2 Å². The summed E-state index contributed by atoms with van der Waals surface area (Å²) in [5, 5.41) is 11.9. The number of Topliss-reactive ketones (excluding diaryl/α,β-unsaturated/α-hetero) is 1. The Kier molecular flexibility index (Phi) is 6.78. The number of anilines is 1. The number of benzene rings is 3. The Bertz CT molecular complexity index is 1670. The fourth-order valence-electron chi connectivity index (χ4n) is 5.01. The van der Waals surface area contributed by atoms with Gasteiger partial charge in [0.15, 0.2) is 16.6 Å². The number of ether oxygens (including phenoxy) is 3. The minimum absolute atomic E-state index is 0.0380. The number of carbonyl (C=O) groups excluding carboxylic acids is 2. The van der Waals surface area contributed by atoms with Crippen molar-refractivity contribution in [2.24, 2.45) is 0 Å². The Balaban J connectivity index is 1.76. The highest BCUT2D eigenvalue weighted by atomic mass is 32.1. The van der Waals surface area contributed by atoms with Gasteiger partial charge in [-0.3, -0.25) is 14.5 Å². The number of aromatic nitrogens is 1. The van der Waals surface area contributed by atoms with Gasteiger partial charge in [-0.05, 0) is 79.4 Å². The lowest BCUT2D eigenvalue weighted by Gasteiger charge is -2.24. The fourth-order valence-corrected chi connectivity index (χ4v) is 6.18. The molecule has 1 saturated heterocycles. The van der Waals surface area contributed by atoms with Crippen molar-refractivity contribution in [2.75, 3.05) is 26.2 Å². The summed E-state index contributed by atoms with van der Waals surface area (Å²) < 4.78 is 17.2. The van der Waals surface area contributed by atoms with E-state index >= 15 is 0 Å². The van der Waals surface area contributed by atoms with Crippen molar-refractivity contribution in [3.63, 3.8) is 0 Å². The number of rotatable bonds is 6. The second-order valence-electron chi connectivity index (χ2n) is 9.39. The van der Waals surface area contributed by atoms with E-state index < -0.39 is 17.7 Å². The normalized spacial score (nSPS) is 16.7. The third-order valence-electron chi connectivity index (χ3n) is 6.86. The molecule has 4 aromatic rings. The van der Waals surface area contributed by atoms with Gasteiger partial charge in [0.25, 0.3) is 5.78 Å². The molecule has 1 aliphatic heterocycles. The lowest BCUT2D eigenvalue weighted by molar-refractivity contribution is -0.132. The zero-order valence-corrected chi connectivity index (χ0v) is 23.3. The molecule has 0 unspecified atom stereocenters. The molecule has 1 atom stereocenters. The summed E-state index contributed by atoms with van der Waals surface area (Å²) in [7, 11) is 4.60. The van der Waals surface area contributed by atoms with E-state index in [2.05, 4.69) is 0 Å². The smallest absolute Gasteiger partial charge is 0.301 e. The Morgan fingerprint density at radius 3 is 2.23 bits per heavy atom. The SMILES string of the molecule is COc1ccc(C(O)=C2C(=O)C(=O)N(c3nc4c(C)cc(C)cc4s3)[C@@H]2c2ccc(OC)c(OC)c2)cc1C. The van der Waals surface area contributed by atoms with Crippen molar-refractivity contribution < 1.29 is 28.9 Å². The van der Waals surface area contributed by atoms with E-state index in [1.54, 1.807) is 43.5 Å². The predicted molar refractivity (Wildman–Crippen MR) is 151 cm³/mol. The van der Waals surface area contributed by atoms with Crippen molar-refractivity contribution in [1.82, 2.24) is 4.98 Å². The van der Waals surface area contributed by atoms with Crippen LogP contribution in [0.15, 0.2) is 54.1 Å². The second-order valence-corrected chi connectivity index (χ2v) is 10.4. The minimum atomic E-state index is -0.950. The van der Waals surface area contributed by atoms with E-state index in [0.717, 1.165) is 26.9 Å². The van der Waals surface area contributed by atoms with Crippen LogP contribution in [0.4, 0.5) is 5.13 Å². The number of hydrogen-bond donors (Lipinski definition) is 1. The summed E-state index contributed by atoms with van der Waals surface area (Å²) in [4.78, 5) is 33.4. The third-order valence-corrected chi connectivity index (χ3v) is 7.86. The number of amides is 1. The number of aryl methyl sites for hydroxylation is 3. The van der Waals surface area contributed by atoms with Gasteiger partial charge in [-0.15, -0.1) is 0 Å². The zero-order valence-electron chi connectivity index (χ0n) is 22.5. The van der Waals surface area contributed by atoms with Crippen LogP contribution < -0.4 is 19.1 Å². The largest absolute Gasteiger partial charge is 0.507 e. The monoisotopic (exact) mass is 544 g/mol. The molecule has 0 aliphatic carbocycles. The first-order valence-electron chi connectivity index (χ1n) is 12.2. The number of thiazole rings is 1. The second kappa shape index (κ2) is 10.1. The summed E-state index contributed by atoms with van der Waals surface area (Å²) in [6, 6.07) is 13.3. The van der Waals surface area contributed by atoms with Crippen LogP contribution in [-0.4, -0.2) is 43.1 Å². The van der Waals surface area contributed by atoms with Crippen LogP contribution in [0.2, 0.25) is 0 Å². The quantitative estimate of drug-likeness (QED) is 0.184. The molecule has 0 spiro atoms. The van der Waals surface area contributed by atoms with Crippen molar-refractivity contribution in [3.05, 3.63) is 81.9 Å². The lowest BCUT2D eigenvalue weighted by atomic mass is 9.94. The van der Waals surface area contributed by atoms with E-state index in [4.69, 9.17) is 19.2 Å². The van der Waals surface area contributed by atoms with E-state index in [0.29, 0.717) is 33.5 Å². The molecule has 200 valence electrons. The number of hydrogen-bond acceptors (Lipinski definition) is 8. The maximum Gasteiger partial charge on any atom is 0.301 e. The van der Waals surface area contributed by atoms with E-state index in [-0.39, 0.29) is 11.3 Å². The van der Waals surface area contributed by atoms with Crippen LogP contribution >= 0.6 is 11.3 Å². The highest BCUT2D eigenvalue weighted by molar-refractivity contribution is 7.22. The number of aliphatic hydroxyl groups excluding tert-OH is 1. The van der Waals surface area contributed by atoms with Gasteiger partial charge in [0.1, 0.15) is 11.5 Å². The Morgan fingerprint density at radius 2 is 1.56 bits per heavy atom. The first-order valence-corrected chi connectivity index (χ1v) is 13.1. The van der Waals surface area contributed by atoms with Gasteiger partial charge in [0.2, 0.25) is 0 Å². The summed E-state index contributed by atoms with van der Waals surface area (Å²) in [6.45, 7) is 5.80. The van der Waals surface area contributed by atoms with E-state index in [1.807, 2.05) is 32.9 Å². The van der Waals surface area contributed by atoms with Crippen molar-refractivity contribution >= 4 is 44.1 Å². The third kappa shape index (κ3) is 4.38. The summed E-state index contributed by atoms with van der Waals surface area (Å²) in [6.07, 6.45) is 0. The summed E-state index contributed by atoms with van der Waals surface area (Å²) in [5.41, 5.74) is 4.50. The standard InChI is InChI=1S/C30H28N2O6S/c1-15-11-17(3)25-23(12-15)39-30(31-25)32-26(18-7-10-21(37-5)22(14-18)38-6)24(28(34)29(32)35)27(33)19-8-9-20(36-4)16(2)13-19/h7-14,26,33H,1-6H3/t26-/m1/s1. The Labute approximate surface area is 230 Å². The highest BCUT2D eigenvalue weighted by Crippen LogP contribution is 2.46. The number of methoxy groups -OCH3 is 3. The van der Waals surface area contributed by atoms with Crippen LogP contribution in [0, 0.1) is 20.8 Å². The molecule has 9 heteroatoms. The number of ketones is 1. The van der Waals surface area contributed by atoms with Gasteiger partial charge in [-0.2, -0.15) is 0 Å². The van der Waals surface area contributed by atoms with Crippen LogP contribution in [0.3, 0.4) is 0 Å². The molecule has 3 aromatic carbocycles. The van der Waals surface area contributed by atoms with Crippen LogP contribution in [0.1, 0.15) is 33.9 Å². The maximum atomic E-state index is 13.6. The van der Waals surface area contributed by atoms with Gasteiger partial charge in [0, 0.05) is 5.56 Å². The fraction of sp³-hybridized carbons (Fsp3) is 0.233. The Morgan fingerprint density at radius 1 is 0.872 bits per heavy atom. The molecule has 2 heterocycles. The Hall–Kier alpha value is -4.37. The average Bonchev–Trinajstić information content (AvgIpc) is 3.46. The number of carbonyl (C=O) groups is 2. The van der Waals surface area contributed by atoms with Gasteiger partial charge in [-0.25, -0.2) is 4.98 Å². The molecule has 1 fully saturated rings. The van der Waals surface area contributed by atoms with Crippen LogP contribution in [0.5, 0.6) is 17.2 Å². The number of aliphatic hydroxyl groups is 1. The van der Waals surface area contributed by atoms with E-state index in [1.165, 1.54) is 30.5 Å². The number of nitrogens with zero attached hydrogens (tertiary/aromatic N) is 2. The van der Waals surface area contributed by atoms with Gasteiger partial charge >= 0.3 is 5.91 Å². The first kappa shape index (κ1) is 26.2. The topological polar surface area (TPSA) is 98.2 Å². The molecule has 0 radical (unpaired) electrons. The average molecular weight is 545 g/mol. The van der Waals surface area contributed by atoms with Crippen molar-refractivity contribution in [2.45, 2.75) is 26.8 Å². The maximum absolute atomic E-state index is 13.6. The van der Waals surface area contributed by atoms with E-state index in [9.17, 15) is 14.7 Å². The summed E-state index contributed by atoms with van der Waals surface area (Å²) >= 11 is 1.33. The first-order chi connectivity index (χ1) is 18.7. The lowest BCUT2D eigenvalue weighted by Crippen LogP contribution is -2.29. The molecule has 39 heavy (non-hydrogen) atoms. The van der Waals surface area contributed by atoms with Crippen LogP contribution in [-0.2, 0) is 9.59 Å². The molecule has 0 saturated carbocycles. The zero-order chi connectivity index (χ0) is 28.0. The molecule has 1 N–H and O–H groups in total. The van der Waals surface area contributed by atoms with Gasteiger partial charge in [0.05, 0.1) is 43.2 Å². The predicted octanol–water partition coefficient (Wildman–Crippen LogP) is 5.87. The molecule has 1 amide bonds. The van der Waals surface area contributed by atoms with Gasteiger partial charge in [-0.1, -0.05) is 23.5 Å². The number of fused-ring (bicyclic) bond motifs is 1. The molecule has 0 bridgehead atoms. The molecule has 1 aromatic heterocycles. The highest BCUT2D eigenvalue weighted by Gasteiger charge is 2.48. The van der Waals surface area contributed by atoms with Crippen molar-refractivity contribution in [1.29, 1.82) is 0 Å². The molecule has 8 nitrogen and oxygen atoms in total. The molecular weight excluding hydrogens is 516 g/mol. The molecular formula is C30H28N2O6S. The molecule has 1 aliphatic rings.